The van der Waals surface area contributed by atoms with Crippen LogP contribution in [0.1, 0.15) is 98.5 Å². The molecule has 4 aromatic rings. The van der Waals surface area contributed by atoms with Crippen molar-refractivity contribution in [3.63, 3.8) is 0 Å². The molecule has 4 aromatic carbocycles. The molecule has 7 rings (SSSR count). The molecule has 0 unspecified atom stereocenters. The van der Waals surface area contributed by atoms with Gasteiger partial charge in [-0.1, -0.05) is 123 Å². The van der Waals surface area contributed by atoms with Crippen LogP contribution in [0.15, 0.2) is 101 Å². The SMILES string of the molecule is O=C(N=P(C1CCCC1)(C1CCCC1)C1CCCC1)O/N=C(\CF)c1cccc(-c2cccc(C(=O)c3cccc4ccccc34)c2)c1. The number of fused-ring (bicyclic) bond motifs is 1. The number of hydrogen-bond acceptors (Lipinski definition) is 4. The summed E-state index contributed by atoms with van der Waals surface area (Å²) >= 11 is 0. The van der Waals surface area contributed by atoms with Crippen LogP contribution in [0.3, 0.4) is 0 Å². The van der Waals surface area contributed by atoms with Crippen molar-refractivity contribution in [1.82, 2.24) is 0 Å². The van der Waals surface area contributed by atoms with Crippen molar-refractivity contribution in [2.45, 2.75) is 94.0 Å². The molecule has 0 atom stereocenters. The van der Waals surface area contributed by atoms with E-state index in [1.807, 2.05) is 84.9 Å². The standard InChI is InChI=1S/C41H44FN2O3P/c42-28-39(43-47-41(46)44-48(34-18-2-3-19-34,35-20-4-5-21-35)36-22-6-7-23-36)32-16-9-14-30(26-32)31-15-10-17-33(27-31)40(45)38-25-11-13-29-12-1-8-24-37(29)38/h1,8-17,24-27,34-36H,2-7,18-23,28H2/b43-39+. The average Bonchev–Trinajstić information content (AvgIpc) is 3.96. The first-order chi connectivity index (χ1) is 23.6. The van der Waals surface area contributed by atoms with Gasteiger partial charge in [0.15, 0.2) is 5.78 Å². The Bertz CT molecular complexity index is 1830. The van der Waals surface area contributed by atoms with Gasteiger partial charge in [0.25, 0.3) is 0 Å². The van der Waals surface area contributed by atoms with Gasteiger partial charge in [0, 0.05) is 16.7 Å². The van der Waals surface area contributed by atoms with Gasteiger partial charge in [0.2, 0.25) is 0 Å². The third-order valence-electron chi connectivity index (χ3n) is 11.0. The van der Waals surface area contributed by atoms with Crippen molar-refractivity contribution >= 4 is 35.4 Å². The maximum atomic E-state index is 14.5. The van der Waals surface area contributed by atoms with Gasteiger partial charge in [-0.3, -0.25) is 9.63 Å². The van der Waals surface area contributed by atoms with Crippen LogP contribution >= 0.6 is 7.05 Å². The summed E-state index contributed by atoms with van der Waals surface area (Å²) < 4.78 is 19.6. The minimum atomic E-state index is -1.97. The Hall–Kier alpha value is -3.89. The van der Waals surface area contributed by atoms with Crippen LogP contribution in [-0.2, 0) is 4.84 Å². The first-order valence-electron chi connectivity index (χ1n) is 17.8. The van der Waals surface area contributed by atoms with Gasteiger partial charge in [-0.15, -0.1) is 0 Å². The Labute approximate surface area is 283 Å². The molecule has 3 aliphatic rings. The molecule has 7 heteroatoms. The second kappa shape index (κ2) is 14.7. The van der Waals surface area contributed by atoms with E-state index in [1.54, 1.807) is 6.07 Å². The van der Waals surface area contributed by atoms with Crippen molar-refractivity contribution < 1.29 is 18.8 Å². The van der Waals surface area contributed by atoms with Gasteiger partial charge in [-0.2, -0.15) is 4.74 Å². The van der Waals surface area contributed by atoms with E-state index < -0.39 is 19.8 Å². The van der Waals surface area contributed by atoms with E-state index in [0.717, 1.165) is 60.4 Å². The highest BCUT2D eigenvalue weighted by Crippen LogP contribution is 2.72. The van der Waals surface area contributed by atoms with Crippen LogP contribution in [0.25, 0.3) is 21.9 Å². The predicted molar refractivity (Wildman–Crippen MR) is 194 cm³/mol. The summed E-state index contributed by atoms with van der Waals surface area (Å²) in [6, 6.07) is 28.5. The minimum Gasteiger partial charge on any atom is -0.296 e. The number of rotatable bonds is 9. The quantitative estimate of drug-likeness (QED) is 0.0589. The van der Waals surface area contributed by atoms with Crippen LogP contribution in [0.2, 0.25) is 0 Å². The number of carbonyl (C=O) groups is 2. The lowest BCUT2D eigenvalue weighted by Gasteiger charge is -2.40. The molecular weight excluding hydrogens is 618 g/mol. The predicted octanol–water partition coefficient (Wildman–Crippen LogP) is 11.6. The molecule has 0 heterocycles. The number of hydrogen-bond donors (Lipinski definition) is 0. The normalized spacial score (nSPS) is 18.1. The molecule has 0 spiro atoms. The van der Waals surface area contributed by atoms with Crippen molar-refractivity contribution in [2.75, 3.05) is 6.67 Å². The average molecular weight is 663 g/mol. The number of halogens is 1. The lowest BCUT2D eigenvalue weighted by molar-refractivity contribution is 0.104. The van der Waals surface area contributed by atoms with Crippen LogP contribution < -0.4 is 0 Å². The number of benzene rings is 4. The van der Waals surface area contributed by atoms with E-state index in [4.69, 9.17) is 9.58 Å². The Kier molecular flexibility index (Phi) is 10.00. The molecule has 1 amide bonds. The molecule has 5 nitrogen and oxygen atoms in total. The minimum absolute atomic E-state index is 0.0509. The molecule has 0 saturated heterocycles. The zero-order valence-corrected chi connectivity index (χ0v) is 28.4. The number of nitrogens with zero attached hydrogens (tertiary/aromatic N) is 2. The van der Waals surface area contributed by atoms with E-state index in [2.05, 4.69) is 5.16 Å². The highest BCUT2D eigenvalue weighted by atomic mass is 31.2. The summed E-state index contributed by atoms with van der Waals surface area (Å²) in [7, 11) is -1.97. The van der Waals surface area contributed by atoms with Crippen molar-refractivity contribution in [1.29, 1.82) is 0 Å². The fourth-order valence-corrected chi connectivity index (χ4v) is 15.0. The lowest BCUT2D eigenvalue weighted by Crippen LogP contribution is -2.24. The zero-order valence-electron chi connectivity index (χ0n) is 27.5. The first-order valence-corrected chi connectivity index (χ1v) is 19.7. The van der Waals surface area contributed by atoms with E-state index in [0.29, 0.717) is 33.7 Å². The summed E-state index contributed by atoms with van der Waals surface area (Å²) in [6.45, 7) is -0.884. The molecule has 0 N–H and O–H groups in total. The van der Waals surface area contributed by atoms with Crippen LogP contribution in [0, 0.1) is 0 Å². The highest BCUT2D eigenvalue weighted by molar-refractivity contribution is 7.68. The van der Waals surface area contributed by atoms with E-state index in [1.165, 1.54) is 38.5 Å². The Morgan fingerprint density at radius 3 is 1.79 bits per heavy atom. The summed E-state index contributed by atoms with van der Waals surface area (Å²) in [6.07, 6.45) is 13.7. The van der Waals surface area contributed by atoms with Gasteiger partial charge in [-0.25, -0.2) is 9.18 Å². The largest absolute Gasteiger partial charge is 0.458 e. The summed E-state index contributed by atoms with van der Waals surface area (Å²) in [5.74, 6) is -0.0572. The second-order valence-corrected chi connectivity index (χ2v) is 17.7. The van der Waals surface area contributed by atoms with Gasteiger partial charge < -0.3 is 0 Å². The number of oxime groups is 1. The zero-order chi connectivity index (χ0) is 32.9. The molecule has 0 aromatic heterocycles. The summed E-state index contributed by atoms with van der Waals surface area (Å²) in [5, 5.41) is 6.02. The van der Waals surface area contributed by atoms with Gasteiger partial charge in [0.1, 0.15) is 12.4 Å². The third kappa shape index (κ3) is 6.57. The summed E-state index contributed by atoms with van der Waals surface area (Å²) in [4.78, 5) is 32.7. The lowest BCUT2D eigenvalue weighted by atomic mass is 9.94. The molecule has 48 heavy (non-hydrogen) atoms. The third-order valence-corrected chi connectivity index (χ3v) is 16.6. The Morgan fingerprint density at radius 2 is 1.19 bits per heavy atom. The highest BCUT2D eigenvalue weighted by Gasteiger charge is 2.47. The fraction of sp³-hybridized carbons (Fsp3) is 0.390. The molecule has 3 fully saturated rings. The van der Waals surface area contributed by atoms with Gasteiger partial charge >= 0.3 is 6.09 Å². The number of amides is 1. The number of carbonyl (C=O) groups excluding carboxylic acids is 2. The van der Waals surface area contributed by atoms with Crippen LogP contribution in [-0.4, -0.2) is 41.2 Å². The second-order valence-electron chi connectivity index (χ2n) is 13.8. The summed E-state index contributed by atoms with van der Waals surface area (Å²) in [5.41, 5.74) is 4.98. The van der Waals surface area contributed by atoms with Crippen molar-refractivity contribution in [2.24, 2.45) is 9.90 Å². The van der Waals surface area contributed by atoms with Gasteiger partial charge in [-0.05, 0) is 96.6 Å². The van der Waals surface area contributed by atoms with Crippen LogP contribution in [0.5, 0.6) is 0 Å². The first kappa shape index (κ1) is 32.6. The molecule has 0 aliphatic heterocycles. The maximum Gasteiger partial charge on any atom is 0.458 e. The van der Waals surface area contributed by atoms with E-state index >= 15 is 0 Å². The molecule has 0 bridgehead atoms. The molecule has 3 aliphatic carbocycles. The Morgan fingerprint density at radius 1 is 0.667 bits per heavy atom. The molecule has 3 saturated carbocycles. The monoisotopic (exact) mass is 662 g/mol. The van der Waals surface area contributed by atoms with Crippen molar-refractivity contribution in [3.8, 4) is 11.1 Å². The van der Waals surface area contributed by atoms with Crippen molar-refractivity contribution in [3.05, 3.63) is 108 Å². The fourth-order valence-electron chi connectivity index (χ4n) is 8.80. The topological polar surface area (TPSA) is 68.1 Å². The number of alkyl halides is 1. The molecule has 248 valence electrons. The van der Waals surface area contributed by atoms with E-state index in [9.17, 15) is 14.0 Å². The molecular formula is C41H44FN2O3P. The Balaban J connectivity index is 1.15. The molecule has 0 radical (unpaired) electrons. The van der Waals surface area contributed by atoms with Crippen LogP contribution in [0.4, 0.5) is 9.18 Å². The van der Waals surface area contributed by atoms with Gasteiger partial charge in [0.05, 0.1) is 0 Å². The smallest absolute Gasteiger partial charge is 0.296 e. The number of ketones is 1. The van der Waals surface area contributed by atoms with E-state index in [-0.39, 0.29) is 11.5 Å². The maximum absolute atomic E-state index is 14.5.